The molecule has 4 aliphatic rings. The molecule has 4 nitrogen and oxygen atoms in total. The molecule has 0 aromatic heterocycles. The second kappa shape index (κ2) is 12.6. The lowest BCUT2D eigenvalue weighted by Gasteiger charge is -2.58. The predicted octanol–water partition coefficient (Wildman–Crippen LogP) is 8.67. The van der Waals surface area contributed by atoms with Crippen molar-refractivity contribution in [2.24, 2.45) is 46.3 Å². The highest BCUT2D eigenvalue weighted by Crippen LogP contribution is 2.67. The van der Waals surface area contributed by atoms with Gasteiger partial charge in [-0.1, -0.05) is 78.9 Å². The first kappa shape index (κ1) is 29.9. The Bertz CT molecular complexity index is 823. The van der Waals surface area contributed by atoms with Crippen molar-refractivity contribution in [1.82, 2.24) is 5.32 Å². The summed E-state index contributed by atoms with van der Waals surface area (Å²) >= 11 is 0. The predicted molar refractivity (Wildman–Crippen MR) is 157 cm³/mol. The van der Waals surface area contributed by atoms with E-state index < -0.39 is 0 Å². The van der Waals surface area contributed by atoms with Crippen LogP contribution in [0.3, 0.4) is 0 Å². The van der Waals surface area contributed by atoms with Crippen LogP contribution in [0.4, 0.5) is 4.79 Å². The van der Waals surface area contributed by atoms with E-state index in [1.165, 1.54) is 51.4 Å². The minimum absolute atomic E-state index is 0.0113. The summed E-state index contributed by atoms with van der Waals surface area (Å²) in [4.78, 5) is 12.4. The third-order valence-corrected chi connectivity index (χ3v) is 11.9. The van der Waals surface area contributed by atoms with Crippen LogP contribution in [-0.2, 0) is 4.74 Å². The van der Waals surface area contributed by atoms with E-state index in [0.717, 1.165) is 67.6 Å². The molecule has 3 saturated carbocycles. The molecule has 4 heteroatoms. The second-order valence-corrected chi connectivity index (χ2v) is 14.7. The highest BCUT2D eigenvalue weighted by Gasteiger charge is 2.59. The lowest BCUT2D eigenvalue weighted by molar-refractivity contribution is -0.0581. The number of hydrogen-bond donors (Lipinski definition) is 2. The molecule has 38 heavy (non-hydrogen) atoms. The zero-order valence-corrected chi connectivity index (χ0v) is 25.6. The van der Waals surface area contributed by atoms with Crippen molar-refractivity contribution >= 4 is 6.09 Å². The van der Waals surface area contributed by atoms with Gasteiger partial charge in [-0.15, -0.1) is 0 Å². The van der Waals surface area contributed by atoms with Gasteiger partial charge >= 0.3 is 6.09 Å². The van der Waals surface area contributed by atoms with Crippen LogP contribution in [0, 0.1) is 46.3 Å². The molecule has 1 amide bonds. The van der Waals surface area contributed by atoms with Crippen LogP contribution in [-0.4, -0.2) is 30.0 Å². The van der Waals surface area contributed by atoms with E-state index in [2.05, 4.69) is 52.9 Å². The second-order valence-electron chi connectivity index (χ2n) is 14.7. The minimum atomic E-state index is -0.336. The van der Waals surface area contributed by atoms with Gasteiger partial charge in [0.2, 0.25) is 0 Å². The Balaban J connectivity index is 1.33. The van der Waals surface area contributed by atoms with Crippen molar-refractivity contribution in [2.45, 2.75) is 144 Å². The van der Waals surface area contributed by atoms with E-state index >= 15 is 0 Å². The smallest absolute Gasteiger partial charge is 0.407 e. The van der Waals surface area contributed by atoms with Gasteiger partial charge in [-0.25, -0.2) is 4.79 Å². The number of nitrogens with one attached hydrogen (secondary N) is 1. The SMILES string of the molecule is CCCC(O)CCNC(=O)OC1CC[C@@]2(C)C(=CCC3C2CC[C@@]2(C)C3CC[C@@H]2[C@@H](C)CCCC(C)C)C1. The molecular weight excluding hydrogens is 470 g/mol. The summed E-state index contributed by atoms with van der Waals surface area (Å²) in [7, 11) is 0. The fourth-order valence-electron chi connectivity index (χ4n) is 9.76. The molecule has 5 unspecified atom stereocenters. The normalized spacial score (nSPS) is 38.0. The number of fused-ring (bicyclic) bond motifs is 5. The maximum Gasteiger partial charge on any atom is 0.407 e. The van der Waals surface area contributed by atoms with Gasteiger partial charge in [0.15, 0.2) is 0 Å². The summed E-state index contributed by atoms with van der Waals surface area (Å²) in [5.74, 6) is 5.11. The van der Waals surface area contributed by atoms with Gasteiger partial charge in [0.05, 0.1) is 6.10 Å². The average Bonchev–Trinajstić information content (AvgIpc) is 3.21. The summed E-state index contributed by atoms with van der Waals surface area (Å²) in [5.41, 5.74) is 2.39. The largest absolute Gasteiger partial charge is 0.446 e. The quantitative estimate of drug-likeness (QED) is 0.263. The van der Waals surface area contributed by atoms with Gasteiger partial charge in [-0.2, -0.15) is 0 Å². The zero-order chi connectivity index (χ0) is 27.5. The van der Waals surface area contributed by atoms with Crippen molar-refractivity contribution < 1.29 is 14.6 Å². The molecule has 0 saturated heterocycles. The van der Waals surface area contributed by atoms with Crippen molar-refractivity contribution in [3.63, 3.8) is 0 Å². The highest BCUT2D eigenvalue weighted by molar-refractivity contribution is 5.67. The Labute approximate surface area is 234 Å². The Morgan fingerprint density at radius 3 is 2.58 bits per heavy atom. The van der Waals surface area contributed by atoms with Crippen LogP contribution in [0.1, 0.15) is 131 Å². The molecule has 0 aromatic rings. The zero-order valence-electron chi connectivity index (χ0n) is 25.6. The maximum atomic E-state index is 12.4. The third kappa shape index (κ3) is 6.31. The van der Waals surface area contributed by atoms with E-state index in [-0.39, 0.29) is 23.7 Å². The van der Waals surface area contributed by atoms with E-state index in [9.17, 15) is 9.90 Å². The Hall–Kier alpha value is -1.03. The molecule has 0 heterocycles. The molecule has 4 aliphatic carbocycles. The Morgan fingerprint density at radius 2 is 1.84 bits per heavy atom. The molecule has 3 fully saturated rings. The minimum Gasteiger partial charge on any atom is -0.446 e. The Kier molecular flexibility index (Phi) is 9.97. The maximum absolute atomic E-state index is 12.4. The highest BCUT2D eigenvalue weighted by atomic mass is 16.6. The topological polar surface area (TPSA) is 58.6 Å². The van der Waals surface area contributed by atoms with Crippen LogP contribution in [0.5, 0.6) is 0 Å². The molecule has 0 aliphatic heterocycles. The van der Waals surface area contributed by atoms with Crippen molar-refractivity contribution in [3.05, 3.63) is 11.6 Å². The van der Waals surface area contributed by atoms with E-state index in [0.29, 0.717) is 18.4 Å². The van der Waals surface area contributed by atoms with Gasteiger partial charge < -0.3 is 15.2 Å². The van der Waals surface area contributed by atoms with E-state index in [4.69, 9.17) is 4.74 Å². The first-order chi connectivity index (χ1) is 18.1. The number of ether oxygens (including phenoxy) is 1. The van der Waals surface area contributed by atoms with E-state index in [1.807, 2.05) is 0 Å². The molecule has 9 atom stereocenters. The number of hydrogen-bond acceptors (Lipinski definition) is 3. The van der Waals surface area contributed by atoms with Crippen LogP contribution in [0.15, 0.2) is 11.6 Å². The summed E-state index contributed by atoms with van der Waals surface area (Å²) in [6.45, 7) is 15.1. The third-order valence-electron chi connectivity index (χ3n) is 11.9. The number of alkyl carbamates (subject to hydrolysis) is 1. The molecule has 2 N–H and O–H groups in total. The Morgan fingerprint density at radius 1 is 1.05 bits per heavy atom. The van der Waals surface area contributed by atoms with Crippen molar-refractivity contribution in [1.29, 1.82) is 0 Å². The summed E-state index contributed by atoms with van der Waals surface area (Å²) in [5, 5.41) is 12.8. The fourth-order valence-corrected chi connectivity index (χ4v) is 9.76. The number of carbonyl (C=O) groups is 1. The molecule has 0 bridgehead atoms. The van der Waals surface area contributed by atoms with Crippen molar-refractivity contribution in [2.75, 3.05) is 6.54 Å². The van der Waals surface area contributed by atoms with Crippen LogP contribution >= 0.6 is 0 Å². The number of aliphatic hydroxyl groups excluding tert-OH is 1. The molecule has 4 rings (SSSR count). The van der Waals surface area contributed by atoms with Gasteiger partial charge in [0.1, 0.15) is 6.10 Å². The first-order valence-electron chi connectivity index (χ1n) is 16.4. The van der Waals surface area contributed by atoms with Crippen LogP contribution < -0.4 is 5.32 Å². The number of carbonyl (C=O) groups excluding carboxylic acids is 1. The molecule has 0 spiro atoms. The number of amides is 1. The standard InChI is InChI=1S/C34H59NO3/c1-7-9-26(36)18-21-35-32(37)38-27-16-19-33(5)25(22-27)12-13-28-30-15-14-29(24(4)11-8-10-23(2)3)34(30,6)20-17-31(28)33/h12,23-24,26-31,36H,7-11,13-22H2,1-6H3,(H,35,37)/t24-,26?,27?,28?,29+,30?,31?,33-,34+/m0/s1. The molecule has 0 radical (unpaired) electrons. The molecular formula is C34H59NO3. The lowest BCUT2D eigenvalue weighted by atomic mass is 9.47. The molecule has 0 aromatic carbocycles. The van der Waals surface area contributed by atoms with E-state index in [1.54, 1.807) is 5.57 Å². The number of aliphatic hydroxyl groups is 1. The number of allylic oxidation sites excluding steroid dienone is 1. The van der Waals surface area contributed by atoms with Crippen LogP contribution in [0.2, 0.25) is 0 Å². The van der Waals surface area contributed by atoms with Gasteiger partial charge in [-0.3, -0.25) is 0 Å². The average molecular weight is 530 g/mol. The first-order valence-corrected chi connectivity index (χ1v) is 16.4. The van der Waals surface area contributed by atoms with Crippen LogP contribution in [0.25, 0.3) is 0 Å². The van der Waals surface area contributed by atoms with Crippen molar-refractivity contribution in [3.8, 4) is 0 Å². The lowest BCUT2D eigenvalue weighted by Crippen LogP contribution is -2.51. The monoisotopic (exact) mass is 529 g/mol. The number of rotatable bonds is 11. The summed E-state index contributed by atoms with van der Waals surface area (Å²) in [6, 6.07) is 0. The van der Waals surface area contributed by atoms with Gasteiger partial charge in [-0.05, 0) is 104 Å². The van der Waals surface area contributed by atoms with Gasteiger partial charge in [0, 0.05) is 13.0 Å². The summed E-state index contributed by atoms with van der Waals surface area (Å²) < 4.78 is 5.86. The van der Waals surface area contributed by atoms with Gasteiger partial charge in [0.25, 0.3) is 0 Å². The molecule has 218 valence electrons. The fraction of sp³-hybridized carbons (Fsp3) is 0.912. The summed E-state index contributed by atoms with van der Waals surface area (Å²) in [6.07, 6.45) is 18.4.